The van der Waals surface area contributed by atoms with Gasteiger partial charge in [-0.1, -0.05) is 24.7 Å². The third-order valence-electron chi connectivity index (χ3n) is 3.81. The van der Waals surface area contributed by atoms with Gasteiger partial charge in [-0.3, -0.25) is 0 Å². The predicted octanol–water partition coefficient (Wildman–Crippen LogP) is 2.91. The van der Waals surface area contributed by atoms with Crippen LogP contribution in [-0.2, 0) is 0 Å². The Kier molecular flexibility index (Phi) is 5.69. The molecule has 20 heavy (non-hydrogen) atoms. The van der Waals surface area contributed by atoms with Gasteiger partial charge in [0.2, 0.25) is 0 Å². The lowest BCUT2D eigenvalue weighted by atomic mass is 10.0. The van der Waals surface area contributed by atoms with E-state index in [0.717, 1.165) is 22.8 Å². The van der Waals surface area contributed by atoms with E-state index in [9.17, 15) is 0 Å². The molecule has 5 heteroatoms. The first-order valence-corrected chi connectivity index (χ1v) is 8.56. The van der Waals surface area contributed by atoms with E-state index in [1.165, 1.54) is 19.3 Å². The summed E-state index contributed by atoms with van der Waals surface area (Å²) in [7, 11) is 2.17. The molecule has 1 unspecified atom stereocenters. The Hall–Kier alpha value is -0.780. The monoisotopic (exact) mass is 310 g/mol. The molecule has 1 aromatic rings. The fourth-order valence-electron chi connectivity index (χ4n) is 2.58. The Balaban J connectivity index is 2.10. The molecule has 3 nitrogen and oxygen atoms in total. The van der Waals surface area contributed by atoms with E-state index in [4.69, 9.17) is 22.7 Å². The summed E-state index contributed by atoms with van der Waals surface area (Å²) < 4.78 is 6.03. The Morgan fingerprint density at radius 1 is 1.50 bits per heavy atom. The molecule has 1 aliphatic heterocycles. The number of nitrogens with two attached hydrogens (primary N) is 1. The topological polar surface area (TPSA) is 38.5 Å². The third kappa shape index (κ3) is 3.65. The maximum absolute atomic E-state index is 6.03. The Morgan fingerprint density at radius 2 is 2.30 bits per heavy atom. The first-order chi connectivity index (χ1) is 9.63. The molecule has 0 amide bonds. The summed E-state index contributed by atoms with van der Waals surface area (Å²) >= 11 is 6.81. The maximum atomic E-state index is 6.03. The van der Waals surface area contributed by atoms with Crippen molar-refractivity contribution in [3.8, 4) is 5.75 Å². The number of likely N-dealkylation sites (tertiary alicyclic amines) is 1. The van der Waals surface area contributed by atoms with Crippen LogP contribution in [0.5, 0.6) is 5.75 Å². The second-order valence-electron chi connectivity index (χ2n) is 5.14. The Morgan fingerprint density at radius 3 is 2.95 bits per heavy atom. The first kappa shape index (κ1) is 15.6. The number of thioether (sulfide) groups is 1. The van der Waals surface area contributed by atoms with E-state index in [-0.39, 0.29) is 0 Å². The summed E-state index contributed by atoms with van der Waals surface area (Å²) in [5.74, 6) is 0.809. The lowest BCUT2D eigenvalue weighted by Gasteiger charge is -2.32. The fourth-order valence-corrected chi connectivity index (χ4v) is 3.49. The summed E-state index contributed by atoms with van der Waals surface area (Å²) in [5, 5.41) is 0. The van der Waals surface area contributed by atoms with Crippen LogP contribution in [-0.4, -0.2) is 42.4 Å². The van der Waals surface area contributed by atoms with Crippen LogP contribution < -0.4 is 10.5 Å². The van der Waals surface area contributed by atoms with Crippen LogP contribution in [0.1, 0.15) is 24.8 Å². The molecular formula is C15H22N2OS2. The van der Waals surface area contributed by atoms with Gasteiger partial charge >= 0.3 is 0 Å². The third-order valence-corrected chi connectivity index (χ3v) is 4.79. The number of ether oxygens (including phenoxy) is 1. The number of benzene rings is 1. The van der Waals surface area contributed by atoms with Crippen molar-refractivity contribution in [2.75, 3.05) is 26.5 Å². The molecule has 0 saturated carbocycles. The smallest absolute Gasteiger partial charge is 0.130 e. The van der Waals surface area contributed by atoms with Gasteiger partial charge in [-0.05, 0) is 44.8 Å². The van der Waals surface area contributed by atoms with Gasteiger partial charge in [0.1, 0.15) is 17.3 Å². The molecule has 110 valence electrons. The number of nitrogens with zero attached hydrogens (tertiary/aromatic N) is 1. The Labute approximate surface area is 130 Å². The quantitative estimate of drug-likeness (QED) is 0.669. The van der Waals surface area contributed by atoms with Gasteiger partial charge in [-0.15, -0.1) is 11.8 Å². The highest BCUT2D eigenvalue weighted by Gasteiger charge is 2.20. The predicted molar refractivity (Wildman–Crippen MR) is 89.9 cm³/mol. The number of piperidine rings is 1. The van der Waals surface area contributed by atoms with Crippen LogP contribution in [0.25, 0.3) is 0 Å². The molecule has 0 bridgehead atoms. The second kappa shape index (κ2) is 7.29. The Bertz CT molecular complexity index is 479. The largest absolute Gasteiger partial charge is 0.491 e. The van der Waals surface area contributed by atoms with Crippen molar-refractivity contribution >= 4 is 29.0 Å². The van der Waals surface area contributed by atoms with Crippen molar-refractivity contribution in [1.82, 2.24) is 4.90 Å². The molecule has 0 radical (unpaired) electrons. The molecule has 2 N–H and O–H groups in total. The highest BCUT2D eigenvalue weighted by Crippen LogP contribution is 2.29. The molecule has 1 atom stereocenters. The standard InChI is InChI=1S/C15H22N2OS2/c1-17-9-4-3-6-11(17)10-18-12-7-5-8-13(20-2)14(12)15(16)19/h5,7-8,11H,3-4,6,9-10H2,1-2H3,(H2,16,19). The van der Waals surface area contributed by atoms with Crippen molar-refractivity contribution in [3.63, 3.8) is 0 Å². The minimum absolute atomic E-state index is 0.405. The van der Waals surface area contributed by atoms with Crippen molar-refractivity contribution in [2.45, 2.75) is 30.2 Å². The summed E-state index contributed by atoms with van der Waals surface area (Å²) in [4.78, 5) is 3.86. The molecule has 1 aliphatic rings. The van der Waals surface area contributed by atoms with E-state index in [0.29, 0.717) is 17.6 Å². The van der Waals surface area contributed by atoms with Crippen molar-refractivity contribution < 1.29 is 4.74 Å². The maximum Gasteiger partial charge on any atom is 0.130 e. The van der Waals surface area contributed by atoms with Crippen molar-refractivity contribution in [2.24, 2.45) is 5.73 Å². The first-order valence-electron chi connectivity index (χ1n) is 6.93. The van der Waals surface area contributed by atoms with Crippen molar-refractivity contribution in [1.29, 1.82) is 0 Å². The molecule has 1 heterocycles. The molecule has 0 aliphatic carbocycles. The molecule has 1 aromatic carbocycles. The molecule has 0 aromatic heterocycles. The molecule has 2 rings (SSSR count). The van der Waals surface area contributed by atoms with Crippen LogP contribution in [0, 0.1) is 0 Å². The zero-order chi connectivity index (χ0) is 14.5. The van der Waals surface area contributed by atoms with Crippen molar-refractivity contribution in [3.05, 3.63) is 23.8 Å². The molecule has 1 saturated heterocycles. The summed E-state index contributed by atoms with van der Waals surface area (Å²) in [6, 6.07) is 6.46. The average Bonchev–Trinajstić information content (AvgIpc) is 2.45. The van der Waals surface area contributed by atoms with Crippen LogP contribution in [0.3, 0.4) is 0 Å². The van der Waals surface area contributed by atoms with E-state index in [1.54, 1.807) is 11.8 Å². The number of hydrogen-bond donors (Lipinski definition) is 1. The van der Waals surface area contributed by atoms with E-state index < -0.39 is 0 Å². The zero-order valence-corrected chi connectivity index (χ0v) is 13.7. The minimum atomic E-state index is 0.405. The lowest BCUT2D eigenvalue weighted by molar-refractivity contribution is 0.125. The fraction of sp³-hybridized carbons (Fsp3) is 0.533. The average molecular weight is 310 g/mol. The highest BCUT2D eigenvalue weighted by atomic mass is 32.2. The van der Waals surface area contributed by atoms with Gasteiger partial charge in [0.15, 0.2) is 0 Å². The van der Waals surface area contributed by atoms with Gasteiger partial charge in [0.05, 0.1) is 5.56 Å². The van der Waals surface area contributed by atoms with Gasteiger partial charge in [0.25, 0.3) is 0 Å². The number of hydrogen-bond acceptors (Lipinski definition) is 4. The van der Waals surface area contributed by atoms with E-state index in [2.05, 4.69) is 11.9 Å². The van der Waals surface area contributed by atoms with Gasteiger partial charge < -0.3 is 15.4 Å². The van der Waals surface area contributed by atoms with Gasteiger partial charge in [-0.2, -0.15) is 0 Å². The second-order valence-corrected chi connectivity index (χ2v) is 6.43. The molecule has 0 spiro atoms. The number of thiocarbonyl (C=S) groups is 1. The van der Waals surface area contributed by atoms with Crippen LogP contribution in [0.15, 0.2) is 23.1 Å². The highest BCUT2D eigenvalue weighted by molar-refractivity contribution is 7.98. The van der Waals surface area contributed by atoms with Crippen LogP contribution >= 0.6 is 24.0 Å². The van der Waals surface area contributed by atoms with Crippen LogP contribution in [0.4, 0.5) is 0 Å². The summed E-state index contributed by atoms with van der Waals surface area (Å²) in [5.41, 5.74) is 6.72. The number of likely N-dealkylation sites (N-methyl/N-ethyl adjacent to an activating group) is 1. The van der Waals surface area contributed by atoms with E-state index in [1.807, 2.05) is 24.5 Å². The van der Waals surface area contributed by atoms with Gasteiger partial charge in [-0.25, -0.2) is 0 Å². The summed E-state index contributed by atoms with van der Waals surface area (Å²) in [6.45, 7) is 1.85. The zero-order valence-electron chi connectivity index (χ0n) is 12.1. The molecule has 1 fully saturated rings. The lowest BCUT2D eigenvalue weighted by Crippen LogP contribution is -2.40. The SMILES string of the molecule is CSc1cccc(OCC2CCCCN2C)c1C(N)=S. The summed E-state index contributed by atoms with van der Waals surface area (Å²) in [6.07, 6.45) is 5.79. The van der Waals surface area contributed by atoms with Gasteiger partial charge in [0, 0.05) is 10.9 Å². The van der Waals surface area contributed by atoms with Crippen LogP contribution in [0.2, 0.25) is 0 Å². The molecular weight excluding hydrogens is 288 g/mol. The van der Waals surface area contributed by atoms with E-state index >= 15 is 0 Å². The minimum Gasteiger partial charge on any atom is -0.491 e. The normalized spacial score (nSPS) is 19.8. The number of rotatable bonds is 5.